The van der Waals surface area contributed by atoms with Gasteiger partial charge in [0.05, 0.1) is 11.6 Å². The van der Waals surface area contributed by atoms with E-state index in [0.29, 0.717) is 25.2 Å². The Morgan fingerprint density at radius 3 is 2.62 bits per heavy atom. The lowest BCUT2D eigenvalue weighted by Crippen LogP contribution is -2.52. The number of nitrogens with one attached hydrogen (secondary N) is 2. The molecule has 1 aromatic rings. The standard InChI is InChI=1S/C19H26N4O3/c1-19(2,3)26-18(25)22-16-5-4-10-23(13-16)17(24)21-12-15-8-6-14(11-20)7-9-15/h6-9,16H,4-5,10,12-13H2,1-3H3,(H,21,24)(H,22,25). The summed E-state index contributed by atoms with van der Waals surface area (Å²) in [5, 5.41) is 14.5. The van der Waals surface area contributed by atoms with Crippen LogP contribution in [0, 0.1) is 11.3 Å². The van der Waals surface area contributed by atoms with E-state index in [9.17, 15) is 9.59 Å². The molecular weight excluding hydrogens is 332 g/mol. The molecule has 2 N–H and O–H groups in total. The van der Waals surface area contributed by atoms with Crippen molar-refractivity contribution in [1.29, 1.82) is 5.26 Å². The third-order valence-electron chi connectivity index (χ3n) is 3.96. The number of hydrogen-bond donors (Lipinski definition) is 2. The van der Waals surface area contributed by atoms with Crippen molar-refractivity contribution in [3.63, 3.8) is 0 Å². The van der Waals surface area contributed by atoms with Gasteiger partial charge in [-0.2, -0.15) is 5.26 Å². The zero-order chi connectivity index (χ0) is 19.2. The maximum Gasteiger partial charge on any atom is 0.407 e. The van der Waals surface area contributed by atoms with Crippen LogP contribution in [0.1, 0.15) is 44.7 Å². The quantitative estimate of drug-likeness (QED) is 0.868. The molecule has 140 valence electrons. The van der Waals surface area contributed by atoms with Crippen LogP contribution in [0.5, 0.6) is 0 Å². The minimum absolute atomic E-state index is 0.112. The van der Waals surface area contributed by atoms with Crippen molar-refractivity contribution in [2.45, 2.75) is 51.8 Å². The molecule has 1 aromatic carbocycles. The van der Waals surface area contributed by atoms with Gasteiger partial charge in [-0.05, 0) is 51.3 Å². The van der Waals surface area contributed by atoms with Gasteiger partial charge < -0.3 is 20.3 Å². The van der Waals surface area contributed by atoms with Crippen molar-refractivity contribution >= 4 is 12.1 Å². The Morgan fingerprint density at radius 1 is 1.31 bits per heavy atom. The fourth-order valence-corrected chi connectivity index (χ4v) is 2.74. The van der Waals surface area contributed by atoms with Gasteiger partial charge in [0.2, 0.25) is 0 Å². The summed E-state index contributed by atoms with van der Waals surface area (Å²) in [6, 6.07) is 8.88. The van der Waals surface area contributed by atoms with Crippen molar-refractivity contribution in [1.82, 2.24) is 15.5 Å². The highest BCUT2D eigenvalue weighted by Gasteiger charge is 2.26. The molecule has 1 aliphatic heterocycles. The van der Waals surface area contributed by atoms with Crippen molar-refractivity contribution < 1.29 is 14.3 Å². The van der Waals surface area contributed by atoms with Crippen molar-refractivity contribution in [3.8, 4) is 6.07 Å². The zero-order valence-electron chi connectivity index (χ0n) is 15.5. The number of carbonyl (C=O) groups is 2. The second kappa shape index (κ2) is 8.56. The average Bonchev–Trinajstić information content (AvgIpc) is 2.58. The number of amides is 3. The zero-order valence-corrected chi connectivity index (χ0v) is 15.5. The molecule has 0 saturated carbocycles. The van der Waals surface area contributed by atoms with Crippen LogP contribution in [0.25, 0.3) is 0 Å². The van der Waals surface area contributed by atoms with Crippen LogP contribution in [-0.2, 0) is 11.3 Å². The number of rotatable bonds is 3. The molecule has 0 bridgehead atoms. The third-order valence-corrected chi connectivity index (χ3v) is 3.96. The van der Waals surface area contributed by atoms with E-state index in [0.717, 1.165) is 18.4 Å². The van der Waals surface area contributed by atoms with Crippen LogP contribution < -0.4 is 10.6 Å². The van der Waals surface area contributed by atoms with Crippen LogP contribution in [0.4, 0.5) is 9.59 Å². The van der Waals surface area contributed by atoms with Gasteiger partial charge in [-0.1, -0.05) is 12.1 Å². The molecule has 7 heteroatoms. The highest BCUT2D eigenvalue weighted by Crippen LogP contribution is 2.13. The molecule has 1 heterocycles. The van der Waals surface area contributed by atoms with Gasteiger partial charge in [0.1, 0.15) is 5.60 Å². The summed E-state index contributed by atoms with van der Waals surface area (Å²) in [6.07, 6.45) is 1.19. The third kappa shape index (κ3) is 6.28. The Balaban J connectivity index is 1.81. The lowest BCUT2D eigenvalue weighted by Gasteiger charge is -2.33. The summed E-state index contributed by atoms with van der Waals surface area (Å²) >= 11 is 0. The second-order valence-electron chi connectivity index (χ2n) is 7.40. The van der Waals surface area contributed by atoms with Crippen molar-refractivity contribution in [3.05, 3.63) is 35.4 Å². The number of piperidine rings is 1. The lowest BCUT2D eigenvalue weighted by molar-refractivity contribution is 0.0479. The number of nitrogens with zero attached hydrogens (tertiary/aromatic N) is 2. The van der Waals surface area contributed by atoms with E-state index in [2.05, 4.69) is 16.7 Å². The predicted molar refractivity (Wildman–Crippen MR) is 97.4 cm³/mol. The normalized spacial score (nSPS) is 17.2. The Hall–Kier alpha value is -2.75. The van der Waals surface area contributed by atoms with Gasteiger partial charge in [0.15, 0.2) is 0 Å². The van der Waals surface area contributed by atoms with E-state index in [4.69, 9.17) is 10.00 Å². The molecule has 0 spiro atoms. The molecule has 1 unspecified atom stereocenters. The fourth-order valence-electron chi connectivity index (χ4n) is 2.74. The number of nitriles is 1. The van der Waals surface area contributed by atoms with Gasteiger partial charge in [0.25, 0.3) is 0 Å². The summed E-state index contributed by atoms with van der Waals surface area (Å²) in [4.78, 5) is 26.0. The molecule has 0 radical (unpaired) electrons. The molecule has 2 rings (SSSR count). The highest BCUT2D eigenvalue weighted by atomic mass is 16.6. The van der Waals surface area contributed by atoms with E-state index >= 15 is 0 Å². The maximum absolute atomic E-state index is 12.4. The number of carbonyl (C=O) groups excluding carboxylic acids is 2. The van der Waals surface area contributed by atoms with E-state index in [-0.39, 0.29) is 12.1 Å². The fraction of sp³-hybridized carbons (Fsp3) is 0.526. The smallest absolute Gasteiger partial charge is 0.407 e. The van der Waals surface area contributed by atoms with Gasteiger partial charge in [0, 0.05) is 25.7 Å². The Labute approximate surface area is 154 Å². The van der Waals surface area contributed by atoms with Crippen LogP contribution >= 0.6 is 0 Å². The summed E-state index contributed by atoms with van der Waals surface area (Å²) in [5.41, 5.74) is 0.974. The monoisotopic (exact) mass is 358 g/mol. The summed E-state index contributed by atoms with van der Waals surface area (Å²) < 4.78 is 5.27. The first-order valence-corrected chi connectivity index (χ1v) is 8.78. The van der Waals surface area contributed by atoms with Crippen molar-refractivity contribution in [2.24, 2.45) is 0 Å². The van der Waals surface area contributed by atoms with Gasteiger partial charge in [-0.3, -0.25) is 0 Å². The Bertz CT molecular complexity index is 674. The molecule has 7 nitrogen and oxygen atoms in total. The van der Waals surface area contributed by atoms with E-state index < -0.39 is 11.7 Å². The molecule has 3 amide bonds. The summed E-state index contributed by atoms with van der Waals surface area (Å²) in [6.45, 7) is 6.96. The number of ether oxygens (including phenoxy) is 1. The first-order chi connectivity index (χ1) is 12.3. The molecule has 1 saturated heterocycles. The Morgan fingerprint density at radius 2 is 2.00 bits per heavy atom. The number of urea groups is 1. The number of hydrogen-bond acceptors (Lipinski definition) is 4. The van der Waals surface area contributed by atoms with Crippen LogP contribution in [0.3, 0.4) is 0 Å². The van der Waals surface area contributed by atoms with Crippen LogP contribution in [-0.4, -0.2) is 41.8 Å². The molecule has 1 atom stereocenters. The SMILES string of the molecule is CC(C)(C)OC(=O)NC1CCCN(C(=O)NCc2ccc(C#N)cc2)C1. The number of likely N-dealkylation sites (tertiary alicyclic amines) is 1. The minimum atomic E-state index is -0.545. The van der Waals surface area contributed by atoms with Gasteiger partial charge in [-0.15, -0.1) is 0 Å². The maximum atomic E-state index is 12.4. The molecule has 26 heavy (non-hydrogen) atoms. The van der Waals surface area contributed by atoms with Crippen LogP contribution in [0.2, 0.25) is 0 Å². The molecule has 1 fully saturated rings. The average molecular weight is 358 g/mol. The van der Waals surface area contributed by atoms with E-state index in [1.165, 1.54) is 0 Å². The first kappa shape index (κ1) is 19.6. The molecule has 0 aliphatic carbocycles. The van der Waals surface area contributed by atoms with E-state index in [1.54, 1.807) is 17.0 Å². The second-order valence-corrected chi connectivity index (χ2v) is 7.40. The molecule has 0 aromatic heterocycles. The number of alkyl carbamates (subject to hydrolysis) is 1. The lowest BCUT2D eigenvalue weighted by atomic mass is 10.1. The van der Waals surface area contributed by atoms with Crippen molar-refractivity contribution in [2.75, 3.05) is 13.1 Å². The summed E-state index contributed by atoms with van der Waals surface area (Å²) in [7, 11) is 0. The first-order valence-electron chi connectivity index (χ1n) is 8.78. The number of benzene rings is 1. The molecule has 1 aliphatic rings. The van der Waals surface area contributed by atoms with Gasteiger partial charge in [-0.25, -0.2) is 9.59 Å². The Kier molecular flexibility index (Phi) is 6.45. The molecular formula is C19H26N4O3. The predicted octanol–water partition coefficient (Wildman–Crippen LogP) is 2.76. The van der Waals surface area contributed by atoms with E-state index in [1.807, 2.05) is 32.9 Å². The largest absolute Gasteiger partial charge is 0.444 e. The summed E-state index contributed by atoms with van der Waals surface area (Å²) in [5.74, 6) is 0. The van der Waals surface area contributed by atoms with Gasteiger partial charge >= 0.3 is 12.1 Å². The minimum Gasteiger partial charge on any atom is -0.444 e. The highest BCUT2D eigenvalue weighted by molar-refractivity contribution is 5.74. The van der Waals surface area contributed by atoms with Crippen LogP contribution in [0.15, 0.2) is 24.3 Å². The topological polar surface area (TPSA) is 94.5 Å².